The third-order valence-electron chi connectivity index (χ3n) is 3.80. The summed E-state index contributed by atoms with van der Waals surface area (Å²) in [6, 6.07) is 5.18. The monoisotopic (exact) mass is 387 g/mol. The van der Waals surface area contributed by atoms with Crippen LogP contribution in [0.5, 0.6) is 5.75 Å². The summed E-state index contributed by atoms with van der Waals surface area (Å²) in [6.07, 6.45) is -2.73. The maximum absolute atomic E-state index is 12.4. The van der Waals surface area contributed by atoms with E-state index in [4.69, 9.17) is 0 Å². The third kappa shape index (κ3) is 4.45. The number of nitrogens with zero attached hydrogens (tertiary/aromatic N) is 5. The van der Waals surface area contributed by atoms with Gasteiger partial charge in [-0.3, -0.25) is 4.79 Å². The van der Waals surface area contributed by atoms with Gasteiger partial charge in [0.05, 0.1) is 10.9 Å². The summed E-state index contributed by atoms with van der Waals surface area (Å²) in [5.41, 5.74) is 0.466. The Morgan fingerprint density at radius 3 is 2.50 bits per heavy atom. The Morgan fingerprint density at radius 2 is 1.88 bits per heavy atom. The molecule has 1 aliphatic heterocycles. The van der Waals surface area contributed by atoms with Crippen molar-refractivity contribution in [2.45, 2.75) is 36.5 Å². The fraction of sp³-hybridized carbons (Fsp3) is 0.467. The van der Waals surface area contributed by atoms with Gasteiger partial charge in [0.2, 0.25) is 11.1 Å². The molecule has 140 valence electrons. The number of carbonyl (C=O) groups excluding carboxylic acids is 1. The Labute approximate surface area is 151 Å². The second-order valence-electron chi connectivity index (χ2n) is 5.71. The Morgan fingerprint density at radius 1 is 1.23 bits per heavy atom. The van der Waals surface area contributed by atoms with Gasteiger partial charge in [0.15, 0.2) is 0 Å². The second kappa shape index (κ2) is 7.52. The van der Waals surface area contributed by atoms with E-state index in [1.54, 1.807) is 6.92 Å². The zero-order chi connectivity index (χ0) is 18.7. The molecule has 1 fully saturated rings. The highest BCUT2D eigenvalue weighted by molar-refractivity contribution is 8.00. The van der Waals surface area contributed by atoms with Gasteiger partial charge >= 0.3 is 6.36 Å². The van der Waals surface area contributed by atoms with Crippen LogP contribution in [0.4, 0.5) is 13.2 Å². The first kappa shape index (κ1) is 18.5. The first-order valence-corrected chi connectivity index (χ1v) is 8.81. The third-order valence-corrected chi connectivity index (χ3v) is 4.82. The van der Waals surface area contributed by atoms with E-state index in [9.17, 15) is 18.0 Å². The topological polar surface area (TPSA) is 73.1 Å². The highest BCUT2D eigenvalue weighted by Gasteiger charge is 2.31. The molecule has 1 atom stereocenters. The van der Waals surface area contributed by atoms with Crippen LogP contribution >= 0.6 is 11.8 Å². The van der Waals surface area contributed by atoms with E-state index in [0.717, 1.165) is 25.9 Å². The summed E-state index contributed by atoms with van der Waals surface area (Å²) >= 11 is 1.21. The van der Waals surface area contributed by atoms with Gasteiger partial charge < -0.3 is 9.64 Å². The first-order valence-electron chi connectivity index (χ1n) is 7.93. The van der Waals surface area contributed by atoms with Crippen molar-refractivity contribution in [3.8, 4) is 11.4 Å². The van der Waals surface area contributed by atoms with E-state index in [-0.39, 0.29) is 16.9 Å². The van der Waals surface area contributed by atoms with Gasteiger partial charge in [-0.05, 0) is 54.5 Å². The van der Waals surface area contributed by atoms with Crippen molar-refractivity contribution < 1.29 is 22.7 Å². The molecule has 3 rings (SSSR count). The summed E-state index contributed by atoms with van der Waals surface area (Å²) in [7, 11) is 0. The molecule has 7 nitrogen and oxygen atoms in total. The number of rotatable bonds is 5. The molecule has 0 bridgehead atoms. The van der Waals surface area contributed by atoms with Crippen LogP contribution in [0.3, 0.4) is 0 Å². The fourth-order valence-electron chi connectivity index (χ4n) is 2.61. The number of ether oxygens (including phenoxy) is 1. The number of alkyl halides is 3. The van der Waals surface area contributed by atoms with Crippen molar-refractivity contribution in [3.05, 3.63) is 24.3 Å². The van der Waals surface area contributed by atoms with Crippen LogP contribution in [0, 0.1) is 0 Å². The number of benzene rings is 1. The molecule has 2 heterocycles. The molecule has 1 amide bonds. The Balaban J connectivity index is 1.71. The van der Waals surface area contributed by atoms with Crippen LogP contribution in [-0.2, 0) is 4.79 Å². The molecule has 1 aromatic heterocycles. The van der Waals surface area contributed by atoms with E-state index >= 15 is 0 Å². The van der Waals surface area contributed by atoms with Crippen LogP contribution < -0.4 is 4.74 Å². The minimum atomic E-state index is -4.75. The lowest BCUT2D eigenvalue weighted by molar-refractivity contribution is -0.274. The lowest BCUT2D eigenvalue weighted by atomic mass is 10.3. The number of hydrogen-bond acceptors (Lipinski definition) is 6. The maximum atomic E-state index is 12.4. The Bertz CT molecular complexity index is 759. The van der Waals surface area contributed by atoms with Crippen molar-refractivity contribution in [2.24, 2.45) is 0 Å². The summed E-state index contributed by atoms with van der Waals surface area (Å²) in [4.78, 5) is 14.2. The predicted molar refractivity (Wildman–Crippen MR) is 87.0 cm³/mol. The van der Waals surface area contributed by atoms with E-state index < -0.39 is 6.36 Å². The average Bonchev–Trinajstić information content (AvgIpc) is 3.25. The van der Waals surface area contributed by atoms with Crippen LogP contribution in [0.1, 0.15) is 19.8 Å². The lowest BCUT2D eigenvalue weighted by Gasteiger charge is -2.19. The highest BCUT2D eigenvalue weighted by atomic mass is 32.2. The minimum absolute atomic E-state index is 0.0241. The zero-order valence-electron chi connectivity index (χ0n) is 13.8. The summed E-state index contributed by atoms with van der Waals surface area (Å²) in [5, 5.41) is 11.4. The first-order chi connectivity index (χ1) is 12.3. The van der Waals surface area contributed by atoms with Gasteiger partial charge in [0.25, 0.3) is 0 Å². The molecule has 1 aliphatic rings. The number of thioether (sulfide) groups is 1. The molecule has 26 heavy (non-hydrogen) atoms. The van der Waals surface area contributed by atoms with E-state index in [2.05, 4.69) is 20.3 Å². The lowest BCUT2D eigenvalue weighted by Crippen LogP contribution is -2.34. The number of amides is 1. The predicted octanol–water partition coefficient (Wildman–Crippen LogP) is 2.66. The molecule has 0 radical (unpaired) electrons. The summed E-state index contributed by atoms with van der Waals surface area (Å²) < 4.78 is 41.9. The van der Waals surface area contributed by atoms with Gasteiger partial charge in [-0.1, -0.05) is 11.8 Å². The van der Waals surface area contributed by atoms with Crippen LogP contribution in [0.15, 0.2) is 29.4 Å². The van der Waals surface area contributed by atoms with Crippen molar-refractivity contribution in [1.29, 1.82) is 0 Å². The minimum Gasteiger partial charge on any atom is -0.406 e. The maximum Gasteiger partial charge on any atom is 0.573 e. The van der Waals surface area contributed by atoms with Gasteiger partial charge in [-0.15, -0.1) is 18.3 Å². The van der Waals surface area contributed by atoms with Crippen molar-refractivity contribution in [3.63, 3.8) is 0 Å². The average molecular weight is 387 g/mol. The Kier molecular flexibility index (Phi) is 5.35. The highest BCUT2D eigenvalue weighted by Crippen LogP contribution is 2.27. The van der Waals surface area contributed by atoms with Gasteiger partial charge in [-0.2, -0.15) is 4.68 Å². The number of carbonyl (C=O) groups is 1. The molecule has 1 aromatic carbocycles. The molecule has 0 N–H and O–H groups in total. The van der Waals surface area contributed by atoms with Crippen LogP contribution in [0.25, 0.3) is 5.69 Å². The standard InChI is InChI=1S/C15H16F3N5O2S/c1-10(13(24)22-8-2-3-9-22)26-14-19-20-21-23(14)11-4-6-12(7-5-11)25-15(16,17)18/h4-7,10H,2-3,8-9H2,1H3. The van der Waals surface area contributed by atoms with E-state index in [1.165, 1.54) is 40.7 Å². The quantitative estimate of drug-likeness (QED) is 0.735. The summed E-state index contributed by atoms with van der Waals surface area (Å²) in [6.45, 7) is 3.30. The van der Waals surface area contributed by atoms with Gasteiger partial charge in [-0.25, -0.2) is 0 Å². The number of hydrogen-bond donors (Lipinski definition) is 0. The van der Waals surface area contributed by atoms with Crippen molar-refractivity contribution >= 4 is 17.7 Å². The van der Waals surface area contributed by atoms with E-state index in [1.807, 2.05) is 4.90 Å². The number of tetrazole rings is 1. The second-order valence-corrected chi connectivity index (χ2v) is 7.02. The van der Waals surface area contributed by atoms with Gasteiger partial charge in [0, 0.05) is 13.1 Å². The largest absolute Gasteiger partial charge is 0.573 e. The molecule has 0 aliphatic carbocycles. The van der Waals surface area contributed by atoms with Gasteiger partial charge in [0.1, 0.15) is 5.75 Å². The number of likely N-dealkylation sites (tertiary alicyclic amines) is 1. The Hall–Kier alpha value is -2.30. The van der Waals surface area contributed by atoms with E-state index in [0.29, 0.717) is 10.8 Å². The zero-order valence-corrected chi connectivity index (χ0v) is 14.6. The number of halogens is 3. The molecule has 2 aromatic rings. The van der Waals surface area contributed by atoms with Crippen LogP contribution in [-0.4, -0.2) is 55.7 Å². The van der Waals surface area contributed by atoms with Crippen LogP contribution in [0.2, 0.25) is 0 Å². The molecule has 1 saturated heterocycles. The molecular formula is C15H16F3N5O2S. The van der Waals surface area contributed by atoms with Crippen molar-refractivity contribution in [2.75, 3.05) is 13.1 Å². The molecule has 1 unspecified atom stereocenters. The number of aromatic nitrogens is 4. The molecule has 11 heteroatoms. The normalized spacial score (nSPS) is 15.9. The molecular weight excluding hydrogens is 371 g/mol. The SMILES string of the molecule is CC(Sc1nnnn1-c1ccc(OC(F)(F)F)cc1)C(=O)N1CCCC1. The molecule has 0 spiro atoms. The molecule has 0 saturated carbocycles. The summed E-state index contributed by atoms with van der Waals surface area (Å²) in [5.74, 6) is -0.308. The fourth-order valence-corrected chi connectivity index (χ4v) is 3.50. The van der Waals surface area contributed by atoms with Crippen molar-refractivity contribution in [1.82, 2.24) is 25.1 Å². The smallest absolute Gasteiger partial charge is 0.406 e.